The SMILES string of the molecule is CCC1CN(C(=O)c2ccccc2)CCC1CC(=O)NCc1ccco1. The van der Waals surface area contributed by atoms with Crippen molar-refractivity contribution >= 4 is 11.8 Å². The fourth-order valence-corrected chi connectivity index (χ4v) is 3.67. The molecular formula is C21H26N2O3. The fourth-order valence-electron chi connectivity index (χ4n) is 3.67. The minimum Gasteiger partial charge on any atom is -0.467 e. The summed E-state index contributed by atoms with van der Waals surface area (Å²) in [7, 11) is 0. The van der Waals surface area contributed by atoms with Gasteiger partial charge in [0.05, 0.1) is 12.8 Å². The van der Waals surface area contributed by atoms with E-state index in [1.807, 2.05) is 47.4 Å². The molecule has 1 aliphatic heterocycles. The van der Waals surface area contributed by atoms with Crippen molar-refractivity contribution in [3.8, 4) is 0 Å². The molecule has 138 valence electrons. The van der Waals surface area contributed by atoms with Crippen LogP contribution in [-0.4, -0.2) is 29.8 Å². The van der Waals surface area contributed by atoms with Gasteiger partial charge in [-0.05, 0) is 42.5 Å². The summed E-state index contributed by atoms with van der Waals surface area (Å²) in [6, 6.07) is 13.1. The zero-order chi connectivity index (χ0) is 18.4. The molecule has 0 aliphatic carbocycles. The van der Waals surface area contributed by atoms with Gasteiger partial charge in [-0.2, -0.15) is 0 Å². The van der Waals surface area contributed by atoms with Crippen LogP contribution in [0, 0.1) is 11.8 Å². The van der Waals surface area contributed by atoms with E-state index in [2.05, 4.69) is 12.2 Å². The van der Waals surface area contributed by atoms with Crippen molar-refractivity contribution in [1.82, 2.24) is 10.2 Å². The Balaban J connectivity index is 1.52. The fraction of sp³-hybridized carbons (Fsp3) is 0.429. The summed E-state index contributed by atoms with van der Waals surface area (Å²) in [5.41, 5.74) is 0.733. The van der Waals surface area contributed by atoms with Crippen LogP contribution in [0.25, 0.3) is 0 Å². The number of carbonyl (C=O) groups excluding carboxylic acids is 2. The lowest BCUT2D eigenvalue weighted by Gasteiger charge is -2.38. The molecule has 1 fully saturated rings. The van der Waals surface area contributed by atoms with Crippen LogP contribution < -0.4 is 5.32 Å². The Morgan fingerprint density at radius 3 is 2.65 bits per heavy atom. The van der Waals surface area contributed by atoms with E-state index in [9.17, 15) is 9.59 Å². The Morgan fingerprint density at radius 2 is 1.96 bits per heavy atom. The number of hydrogen-bond donors (Lipinski definition) is 1. The smallest absolute Gasteiger partial charge is 0.253 e. The molecule has 1 N–H and O–H groups in total. The number of benzene rings is 1. The minimum absolute atomic E-state index is 0.0488. The first-order valence-corrected chi connectivity index (χ1v) is 9.30. The molecular weight excluding hydrogens is 328 g/mol. The van der Waals surface area contributed by atoms with Gasteiger partial charge >= 0.3 is 0 Å². The monoisotopic (exact) mass is 354 g/mol. The molecule has 1 aromatic heterocycles. The van der Waals surface area contributed by atoms with E-state index in [4.69, 9.17) is 4.42 Å². The van der Waals surface area contributed by atoms with Gasteiger partial charge in [0.15, 0.2) is 0 Å². The summed E-state index contributed by atoms with van der Waals surface area (Å²) in [4.78, 5) is 26.9. The third kappa shape index (κ3) is 4.54. The normalized spacial score (nSPS) is 20.0. The van der Waals surface area contributed by atoms with Gasteiger partial charge in [-0.25, -0.2) is 0 Å². The largest absolute Gasteiger partial charge is 0.467 e. The van der Waals surface area contributed by atoms with Gasteiger partial charge in [0.25, 0.3) is 5.91 Å². The molecule has 2 aromatic rings. The first-order chi connectivity index (χ1) is 12.7. The van der Waals surface area contributed by atoms with Crippen LogP contribution in [0.3, 0.4) is 0 Å². The molecule has 0 spiro atoms. The Morgan fingerprint density at radius 1 is 1.15 bits per heavy atom. The van der Waals surface area contributed by atoms with Gasteiger partial charge in [0.2, 0.25) is 5.91 Å². The summed E-state index contributed by atoms with van der Waals surface area (Å²) in [6.45, 7) is 3.99. The van der Waals surface area contributed by atoms with Crippen LogP contribution in [0.4, 0.5) is 0 Å². The second-order valence-electron chi connectivity index (χ2n) is 6.89. The summed E-state index contributed by atoms with van der Waals surface area (Å²) < 4.78 is 5.24. The third-order valence-electron chi connectivity index (χ3n) is 5.21. The molecule has 2 atom stereocenters. The van der Waals surface area contributed by atoms with Crippen LogP contribution >= 0.6 is 0 Å². The number of nitrogens with one attached hydrogen (secondary N) is 1. The van der Waals surface area contributed by atoms with E-state index >= 15 is 0 Å². The second-order valence-corrected chi connectivity index (χ2v) is 6.89. The molecule has 2 amide bonds. The molecule has 1 aliphatic rings. The lowest BCUT2D eigenvalue weighted by atomic mass is 9.81. The van der Waals surface area contributed by atoms with Crippen molar-refractivity contribution in [2.24, 2.45) is 11.8 Å². The Kier molecular flexibility index (Phi) is 6.10. The predicted octanol–water partition coefficient (Wildman–Crippen LogP) is 3.47. The maximum Gasteiger partial charge on any atom is 0.253 e. The van der Waals surface area contributed by atoms with E-state index < -0.39 is 0 Å². The Labute approximate surface area is 154 Å². The lowest BCUT2D eigenvalue weighted by Crippen LogP contribution is -2.44. The highest BCUT2D eigenvalue weighted by molar-refractivity contribution is 5.94. The molecule has 1 aromatic carbocycles. The maximum atomic E-state index is 12.7. The number of carbonyl (C=O) groups is 2. The zero-order valence-corrected chi connectivity index (χ0v) is 15.2. The average Bonchev–Trinajstić information content (AvgIpc) is 3.20. The van der Waals surface area contributed by atoms with Crippen LogP contribution in [0.1, 0.15) is 42.3 Å². The zero-order valence-electron chi connectivity index (χ0n) is 15.2. The highest BCUT2D eigenvalue weighted by atomic mass is 16.3. The van der Waals surface area contributed by atoms with Crippen molar-refractivity contribution in [3.05, 3.63) is 60.1 Å². The number of nitrogens with zero attached hydrogens (tertiary/aromatic N) is 1. The van der Waals surface area contributed by atoms with Crippen LogP contribution in [0.5, 0.6) is 0 Å². The highest BCUT2D eigenvalue weighted by Gasteiger charge is 2.31. The summed E-state index contributed by atoms with van der Waals surface area (Å²) in [5, 5.41) is 2.92. The number of amides is 2. The number of rotatable bonds is 6. The number of furan rings is 1. The van der Waals surface area contributed by atoms with Gasteiger partial charge in [0.1, 0.15) is 5.76 Å². The molecule has 5 nitrogen and oxygen atoms in total. The number of hydrogen-bond acceptors (Lipinski definition) is 3. The first-order valence-electron chi connectivity index (χ1n) is 9.30. The Bertz CT molecular complexity index is 712. The Hall–Kier alpha value is -2.56. The quantitative estimate of drug-likeness (QED) is 0.864. The molecule has 0 bridgehead atoms. The van der Waals surface area contributed by atoms with E-state index in [0.717, 1.165) is 30.7 Å². The standard InChI is InChI=1S/C21H26N2O3/c1-2-16-15-23(21(25)17-7-4-3-5-8-17)11-10-18(16)13-20(24)22-14-19-9-6-12-26-19/h3-9,12,16,18H,2,10-11,13-15H2,1H3,(H,22,24). The van der Waals surface area contributed by atoms with E-state index in [1.54, 1.807) is 6.26 Å². The van der Waals surface area contributed by atoms with Gasteiger partial charge in [-0.3, -0.25) is 9.59 Å². The van der Waals surface area contributed by atoms with Crippen LogP contribution in [0.2, 0.25) is 0 Å². The molecule has 2 unspecified atom stereocenters. The molecule has 1 saturated heterocycles. The van der Waals surface area contributed by atoms with E-state index in [-0.39, 0.29) is 11.8 Å². The van der Waals surface area contributed by atoms with Gasteiger partial charge in [-0.15, -0.1) is 0 Å². The van der Waals surface area contributed by atoms with Gasteiger partial charge in [-0.1, -0.05) is 31.5 Å². The lowest BCUT2D eigenvalue weighted by molar-refractivity contribution is -0.123. The van der Waals surface area contributed by atoms with Crippen LogP contribution in [-0.2, 0) is 11.3 Å². The molecule has 0 saturated carbocycles. The molecule has 3 rings (SSSR count). The maximum absolute atomic E-state index is 12.7. The van der Waals surface area contributed by atoms with Gasteiger partial charge < -0.3 is 14.6 Å². The topological polar surface area (TPSA) is 62.6 Å². The van der Waals surface area contributed by atoms with Crippen LogP contribution in [0.15, 0.2) is 53.1 Å². The van der Waals surface area contributed by atoms with Crippen molar-refractivity contribution in [2.45, 2.75) is 32.7 Å². The van der Waals surface area contributed by atoms with Crippen molar-refractivity contribution < 1.29 is 14.0 Å². The van der Waals surface area contributed by atoms with Gasteiger partial charge in [0, 0.05) is 25.1 Å². The summed E-state index contributed by atoms with van der Waals surface area (Å²) in [6.07, 6.45) is 3.95. The minimum atomic E-state index is 0.0488. The number of piperidine rings is 1. The molecule has 5 heteroatoms. The van der Waals surface area contributed by atoms with Crippen molar-refractivity contribution in [3.63, 3.8) is 0 Å². The predicted molar refractivity (Wildman–Crippen MR) is 99.4 cm³/mol. The van der Waals surface area contributed by atoms with Crippen molar-refractivity contribution in [2.75, 3.05) is 13.1 Å². The summed E-state index contributed by atoms with van der Waals surface area (Å²) >= 11 is 0. The molecule has 2 heterocycles. The van der Waals surface area contributed by atoms with E-state index in [1.165, 1.54) is 0 Å². The average molecular weight is 354 g/mol. The molecule has 26 heavy (non-hydrogen) atoms. The van der Waals surface area contributed by atoms with E-state index in [0.29, 0.717) is 31.3 Å². The second kappa shape index (κ2) is 8.70. The number of likely N-dealkylation sites (tertiary alicyclic amines) is 1. The third-order valence-corrected chi connectivity index (χ3v) is 5.21. The molecule has 0 radical (unpaired) electrons. The first kappa shape index (κ1) is 18.2. The van der Waals surface area contributed by atoms with Crippen molar-refractivity contribution in [1.29, 1.82) is 0 Å². The summed E-state index contributed by atoms with van der Waals surface area (Å²) in [5.74, 6) is 1.56. The highest BCUT2D eigenvalue weighted by Crippen LogP contribution is 2.29.